The number of anilines is 1. The zero-order valence-corrected chi connectivity index (χ0v) is 12.3. The van der Waals surface area contributed by atoms with Gasteiger partial charge < -0.3 is 5.73 Å². The van der Waals surface area contributed by atoms with Crippen LogP contribution < -0.4 is 5.73 Å². The summed E-state index contributed by atoms with van der Waals surface area (Å²) in [5.41, 5.74) is 8.47. The van der Waals surface area contributed by atoms with Gasteiger partial charge in [-0.2, -0.15) is 0 Å². The van der Waals surface area contributed by atoms with Gasteiger partial charge in [0.2, 0.25) is 0 Å². The molecule has 0 aliphatic carbocycles. The minimum absolute atomic E-state index is 0.0709. The molecular formula is C18H14ClNO. The predicted octanol–water partition coefficient (Wildman–Crippen LogP) is 4.61. The van der Waals surface area contributed by atoms with Crippen molar-refractivity contribution in [2.75, 3.05) is 5.73 Å². The first-order valence-corrected chi connectivity index (χ1v) is 7.04. The SMILES string of the molecule is Cc1ccc2ccccc2c1C(=O)c1ccc(Cl)cc1N. The van der Waals surface area contributed by atoms with E-state index < -0.39 is 0 Å². The van der Waals surface area contributed by atoms with E-state index in [1.165, 1.54) is 0 Å². The molecule has 3 rings (SSSR count). The molecule has 3 aromatic carbocycles. The summed E-state index contributed by atoms with van der Waals surface area (Å²) < 4.78 is 0. The molecular weight excluding hydrogens is 282 g/mol. The Kier molecular flexibility index (Phi) is 3.40. The molecule has 3 heteroatoms. The Balaban J connectivity index is 2.24. The van der Waals surface area contributed by atoms with Crippen LogP contribution in [0.25, 0.3) is 10.8 Å². The third-order valence-corrected chi connectivity index (χ3v) is 3.86. The van der Waals surface area contributed by atoms with Gasteiger partial charge in [-0.25, -0.2) is 0 Å². The number of rotatable bonds is 2. The van der Waals surface area contributed by atoms with Crippen LogP contribution in [0.1, 0.15) is 21.5 Å². The molecule has 21 heavy (non-hydrogen) atoms. The summed E-state index contributed by atoms with van der Waals surface area (Å²) >= 11 is 5.90. The normalized spacial score (nSPS) is 10.8. The van der Waals surface area contributed by atoms with Crippen molar-refractivity contribution in [1.82, 2.24) is 0 Å². The Labute approximate surface area is 128 Å². The van der Waals surface area contributed by atoms with E-state index in [0.717, 1.165) is 16.3 Å². The molecule has 0 unspecified atom stereocenters. The quantitative estimate of drug-likeness (QED) is 0.554. The fraction of sp³-hybridized carbons (Fsp3) is 0.0556. The molecule has 2 nitrogen and oxygen atoms in total. The molecule has 104 valence electrons. The van der Waals surface area contributed by atoms with E-state index in [9.17, 15) is 4.79 Å². The Bertz CT molecular complexity index is 855. The maximum atomic E-state index is 12.9. The van der Waals surface area contributed by atoms with Crippen LogP contribution in [0.15, 0.2) is 54.6 Å². The minimum atomic E-state index is -0.0709. The fourth-order valence-corrected chi connectivity index (χ4v) is 2.74. The molecule has 0 saturated heterocycles. The van der Waals surface area contributed by atoms with Gasteiger partial charge in [-0.05, 0) is 41.5 Å². The summed E-state index contributed by atoms with van der Waals surface area (Å²) in [6.07, 6.45) is 0. The zero-order valence-electron chi connectivity index (χ0n) is 11.6. The molecule has 2 N–H and O–H groups in total. The van der Waals surface area contributed by atoms with Gasteiger partial charge in [0, 0.05) is 21.8 Å². The topological polar surface area (TPSA) is 43.1 Å². The highest BCUT2D eigenvalue weighted by molar-refractivity contribution is 6.31. The maximum Gasteiger partial charge on any atom is 0.195 e. The van der Waals surface area contributed by atoms with Crippen LogP contribution in [-0.4, -0.2) is 5.78 Å². The minimum Gasteiger partial charge on any atom is -0.398 e. The van der Waals surface area contributed by atoms with E-state index >= 15 is 0 Å². The number of carbonyl (C=O) groups excluding carboxylic acids is 1. The van der Waals surface area contributed by atoms with Gasteiger partial charge in [0.05, 0.1) is 0 Å². The van der Waals surface area contributed by atoms with Crippen LogP contribution in [-0.2, 0) is 0 Å². The Morgan fingerprint density at radius 1 is 1.05 bits per heavy atom. The van der Waals surface area contributed by atoms with E-state index in [4.69, 9.17) is 17.3 Å². The monoisotopic (exact) mass is 295 g/mol. The second-order valence-corrected chi connectivity index (χ2v) is 5.48. The highest BCUT2D eigenvalue weighted by Gasteiger charge is 2.17. The average Bonchev–Trinajstić information content (AvgIpc) is 2.46. The Morgan fingerprint density at radius 2 is 1.81 bits per heavy atom. The molecule has 0 aromatic heterocycles. The lowest BCUT2D eigenvalue weighted by molar-refractivity contribution is 0.104. The van der Waals surface area contributed by atoms with Gasteiger partial charge in [-0.1, -0.05) is 48.0 Å². The fourth-order valence-electron chi connectivity index (χ4n) is 2.56. The van der Waals surface area contributed by atoms with Gasteiger partial charge in [-0.3, -0.25) is 4.79 Å². The maximum absolute atomic E-state index is 12.9. The molecule has 0 amide bonds. The van der Waals surface area contributed by atoms with Crippen molar-refractivity contribution < 1.29 is 4.79 Å². The van der Waals surface area contributed by atoms with Crippen molar-refractivity contribution in [3.8, 4) is 0 Å². The molecule has 0 saturated carbocycles. The number of hydrogen-bond acceptors (Lipinski definition) is 2. The Morgan fingerprint density at radius 3 is 2.57 bits per heavy atom. The van der Waals surface area contributed by atoms with Crippen LogP contribution in [0.3, 0.4) is 0 Å². The number of fused-ring (bicyclic) bond motifs is 1. The second kappa shape index (κ2) is 5.23. The average molecular weight is 296 g/mol. The molecule has 0 heterocycles. The van der Waals surface area contributed by atoms with Gasteiger partial charge >= 0.3 is 0 Å². The number of halogens is 1. The molecule has 0 aliphatic rings. The summed E-state index contributed by atoms with van der Waals surface area (Å²) in [5.74, 6) is -0.0709. The number of ketones is 1. The van der Waals surface area contributed by atoms with Crippen LogP contribution in [0.4, 0.5) is 5.69 Å². The summed E-state index contributed by atoms with van der Waals surface area (Å²) in [6, 6.07) is 16.8. The summed E-state index contributed by atoms with van der Waals surface area (Å²) in [4.78, 5) is 12.9. The first-order valence-electron chi connectivity index (χ1n) is 6.66. The largest absolute Gasteiger partial charge is 0.398 e. The first kappa shape index (κ1) is 13.7. The second-order valence-electron chi connectivity index (χ2n) is 5.04. The smallest absolute Gasteiger partial charge is 0.195 e. The third kappa shape index (κ3) is 2.39. The summed E-state index contributed by atoms with van der Waals surface area (Å²) in [7, 11) is 0. The number of carbonyl (C=O) groups is 1. The number of nitrogens with two attached hydrogens (primary N) is 1. The van der Waals surface area contributed by atoms with Gasteiger partial charge in [0.25, 0.3) is 0 Å². The summed E-state index contributed by atoms with van der Waals surface area (Å²) in [6.45, 7) is 1.94. The molecule has 0 spiro atoms. The van der Waals surface area contributed by atoms with E-state index in [-0.39, 0.29) is 5.78 Å². The van der Waals surface area contributed by atoms with Crippen molar-refractivity contribution in [1.29, 1.82) is 0 Å². The van der Waals surface area contributed by atoms with Crippen molar-refractivity contribution in [2.24, 2.45) is 0 Å². The Hall–Kier alpha value is -2.32. The molecule has 0 fully saturated rings. The van der Waals surface area contributed by atoms with E-state index in [1.807, 2.05) is 43.3 Å². The van der Waals surface area contributed by atoms with Crippen LogP contribution >= 0.6 is 11.6 Å². The number of hydrogen-bond donors (Lipinski definition) is 1. The zero-order chi connectivity index (χ0) is 15.0. The van der Waals surface area contributed by atoms with E-state index in [1.54, 1.807) is 18.2 Å². The van der Waals surface area contributed by atoms with Crippen molar-refractivity contribution >= 4 is 33.8 Å². The molecule has 0 atom stereocenters. The molecule has 0 radical (unpaired) electrons. The van der Waals surface area contributed by atoms with Crippen molar-refractivity contribution in [3.05, 3.63) is 76.3 Å². The van der Waals surface area contributed by atoms with Crippen molar-refractivity contribution in [3.63, 3.8) is 0 Å². The lowest BCUT2D eigenvalue weighted by atomic mass is 9.93. The lowest BCUT2D eigenvalue weighted by Gasteiger charge is -2.11. The van der Waals surface area contributed by atoms with Crippen molar-refractivity contribution in [2.45, 2.75) is 6.92 Å². The van der Waals surface area contributed by atoms with Gasteiger partial charge in [0.1, 0.15) is 0 Å². The number of nitrogen functional groups attached to an aromatic ring is 1. The lowest BCUT2D eigenvalue weighted by Crippen LogP contribution is -2.08. The van der Waals surface area contributed by atoms with Crippen LogP contribution in [0, 0.1) is 6.92 Å². The number of aryl methyl sites for hydroxylation is 1. The molecule has 0 bridgehead atoms. The number of benzene rings is 3. The molecule has 0 aliphatic heterocycles. The standard InChI is InChI=1S/C18H14ClNO/c1-11-6-7-12-4-2-3-5-14(12)17(11)18(21)15-9-8-13(19)10-16(15)20/h2-10H,20H2,1H3. The third-order valence-electron chi connectivity index (χ3n) is 3.62. The van der Waals surface area contributed by atoms with Crippen LogP contribution in [0.2, 0.25) is 5.02 Å². The van der Waals surface area contributed by atoms with E-state index in [2.05, 4.69) is 0 Å². The highest BCUT2D eigenvalue weighted by Crippen LogP contribution is 2.27. The van der Waals surface area contributed by atoms with Gasteiger partial charge in [0.15, 0.2) is 5.78 Å². The summed E-state index contributed by atoms with van der Waals surface area (Å²) in [5, 5.41) is 2.51. The first-order chi connectivity index (χ1) is 10.1. The molecule has 3 aromatic rings. The predicted molar refractivity (Wildman–Crippen MR) is 88.0 cm³/mol. The van der Waals surface area contributed by atoms with Gasteiger partial charge in [-0.15, -0.1) is 0 Å². The van der Waals surface area contributed by atoms with Crippen LogP contribution in [0.5, 0.6) is 0 Å². The van der Waals surface area contributed by atoms with E-state index in [0.29, 0.717) is 21.8 Å². The highest BCUT2D eigenvalue weighted by atomic mass is 35.5.